The normalized spacial score (nSPS) is 10.3. The zero-order valence-corrected chi connectivity index (χ0v) is 9.20. The van der Waals surface area contributed by atoms with Gasteiger partial charge in [0.2, 0.25) is 0 Å². The highest BCUT2D eigenvalue weighted by Crippen LogP contribution is 2.16. The first-order chi connectivity index (χ1) is 6.33. The molecule has 3 heteroatoms. The summed E-state index contributed by atoms with van der Waals surface area (Å²) < 4.78 is 4.96. The first kappa shape index (κ1) is 10.9. The zero-order chi connectivity index (χ0) is 9.52. The number of hydrogen-bond donors (Lipinski definition) is 0. The summed E-state index contributed by atoms with van der Waals surface area (Å²) in [5.41, 5.74) is 1.27. The summed E-state index contributed by atoms with van der Waals surface area (Å²) in [7, 11) is 1.72. The van der Waals surface area contributed by atoms with Crippen LogP contribution >= 0.6 is 23.4 Å². The molecule has 0 atom stereocenters. The summed E-state index contributed by atoms with van der Waals surface area (Å²) >= 11 is 7.71. The summed E-state index contributed by atoms with van der Waals surface area (Å²) in [6, 6.07) is 7.96. The van der Waals surface area contributed by atoms with E-state index in [4.69, 9.17) is 16.3 Å². The highest BCUT2D eigenvalue weighted by Gasteiger charge is 1.94. The van der Waals surface area contributed by atoms with Crippen molar-refractivity contribution >= 4 is 23.4 Å². The van der Waals surface area contributed by atoms with Crippen LogP contribution in [0.4, 0.5) is 0 Å². The molecule has 0 amide bonds. The molecule has 1 rings (SSSR count). The van der Waals surface area contributed by atoms with Gasteiger partial charge in [-0.1, -0.05) is 23.7 Å². The Bertz CT molecular complexity index is 252. The highest BCUT2D eigenvalue weighted by molar-refractivity contribution is 7.98. The molecule has 0 N–H and O–H groups in total. The van der Waals surface area contributed by atoms with Gasteiger partial charge in [-0.2, -0.15) is 11.8 Å². The Balaban J connectivity index is 2.28. The molecule has 0 radical (unpaired) electrons. The number of ether oxygens (including phenoxy) is 1. The van der Waals surface area contributed by atoms with E-state index < -0.39 is 0 Å². The van der Waals surface area contributed by atoms with Gasteiger partial charge in [0, 0.05) is 23.6 Å². The molecule has 0 aliphatic carbocycles. The summed E-state index contributed by atoms with van der Waals surface area (Å²) in [5, 5.41) is 0.810. The molecule has 1 aromatic rings. The maximum absolute atomic E-state index is 5.85. The van der Waals surface area contributed by atoms with Gasteiger partial charge in [0.25, 0.3) is 0 Å². The second-order valence-corrected chi connectivity index (χ2v) is 4.22. The fourth-order valence-electron chi connectivity index (χ4n) is 0.959. The molecular formula is C10H13ClOS. The molecule has 0 spiro atoms. The predicted molar refractivity (Wildman–Crippen MR) is 59.5 cm³/mol. The smallest absolute Gasteiger partial charge is 0.0553 e. The lowest BCUT2D eigenvalue weighted by Gasteiger charge is -2.01. The third kappa shape index (κ3) is 4.55. The monoisotopic (exact) mass is 216 g/mol. The minimum Gasteiger partial charge on any atom is -0.384 e. The van der Waals surface area contributed by atoms with E-state index in [0.717, 1.165) is 23.1 Å². The Morgan fingerprint density at radius 3 is 3.00 bits per heavy atom. The number of methoxy groups -OCH3 is 1. The Kier molecular flexibility index (Phi) is 5.28. The predicted octanol–water partition coefficient (Wildman–Crippen LogP) is 3.22. The third-order valence-corrected chi connectivity index (χ3v) is 2.82. The van der Waals surface area contributed by atoms with Crippen molar-refractivity contribution in [1.29, 1.82) is 0 Å². The Morgan fingerprint density at radius 1 is 1.46 bits per heavy atom. The second-order valence-electron chi connectivity index (χ2n) is 2.68. The van der Waals surface area contributed by atoms with E-state index in [1.54, 1.807) is 7.11 Å². The zero-order valence-electron chi connectivity index (χ0n) is 7.63. The topological polar surface area (TPSA) is 9.23 Å². The van der Waals surface area contributed by atoms with Crippen LogP contribution in [0.3, 0.4) is 0 Å². The third-order valence-electron chi connectivity index (χ3n) is 1.59. The van der Waals surface area contributed by atoms with Crippen LogP contribution in [0.1, 0.15) is 5.56 Å². The van der Waals surface area contributed by atoms with Gasteiger partial charge in [-0.15, -0.1) is 0 Å². The van der Waals surface area contributed by atoms with Gasteiger partial charge >= 0.3 is 0 Å². The van der Waals surface area contributed by atoms with Crippen molar-refractivity contribution in [2.75, 3.05) is 19.5 Å². The second kappa shape index (κ2) is 6.30. The molecule has 0 fully saturated rings. The summed E-state index contributed by atoms with van der Waals surface area (Å²) in [6.45, 7) is 0.811. The van der Waals surface area contributed by atoms with E-state index in [-0.39, 0.29) is 0 Å². The van der Waals surface area contributed by atoms with Crippen molar-refractivity contribution < 1.29 is 4.74 Å². The number of thioether (sulfide) groups is 1. The summed E-state index contributed by atoms with van der Waals surface area (Å²) in [6.07, 6.45) is 0. The van der Waals surface area contributed by atoms with Crippen LogP contribution in [0.25, 0.3) is 0 Å². The van der Waals surface area contributed by atoms with Gasteiger partial charge in [0.05, 0.1) is 6.61 Å². The molecule has 0 bridgehead atoms. The lowest BCUT2D eigenvalue weighted by Crippen LogP contribution is -1.92. The molecule has 0 aliphatic rings. The maximum Gasteiger partial charge on any atom is 0.0553 e. The molecule has 1 aromatic carbocycles. The molecule has 0 saturated heterocycles. The largest absolute Gasteiger partial charge is 0.384 e. The minimum absolute atomic E-state index is 0.810. The van der Waals surface area contributed by atoms with Gasteiger partial charge < -0.3 is 4.74 Å². The van der Waals surface area contributed by atoms with Crippen LogP contribution in [0, 0.1) is 0 Å². The molecule has 0 aliphatic heterocycles. The Hall–Kier alpha value is -0.180. The number of benzene rings is 1. The molecule has 72 valence electrons. The highest BCUT2D eigenvalue weighted by atomic mass is 35.5. The van der Waals surface area contributed by atoms with Gasteiger partial charge in [-0.3, -0.25) is 0 Å². The average Bonchev–Trinajstić information content (AvgIpc) is 2.13. The van der Waals surface area contributed by atoms with Crippen molar-refractivity contribution in [3.05, 3.63) is 34.9 Å². The number of rotatable bonds is 5. The van der Waals surface area contributed by atoms with E-state index in [2.05, 4.69) is 6.07 Å². The van der Waals surface area contributed by atoms with E-state index in [1.807, 2.05) is 30.0 Å². The van der Waals surface area contributed by atoms with Crippen LogP contribution in [0.15, 0.2) is 24.3 Å². The Labute approximate surface area is 88.4 Å². The van der Waals surface area contributed by atoms with Crippen molar-refractivity contribution in [1.82, 2.24) is 0 Å². The van der Waals surface area contributed by atoms with Crippen LogP contribution in [-0.4, -0.2) is 19.5 Å². The molecule has 13 heavy (non-hydrogen) atoms. The summed E-state index contributed by atoms with van der Waals surface area (Å²) in [4.78, 5) is 0. The molecule has 0 saturated carbocycles. The first-order valence-electron chi connectivity index (χ1n) is 4.14. The molecule has 0 unspecified atom stereocenters. The van der Waals surface area contributed by atoms with Gasteiger partial charge in [-0.25, -0.2) is 0 Å². The van der Waals surface area contributed by atoms with Gasteiger partial charge in [0.15, 0.2) is 0 Å². The van der Waals surface area contributed by atoms with Gasteiger partial charge in [0.1, 0.15) is 0 Å². The Morgan fingerprint density at radius 2 is 2.31 bits per heavy atom. The van der Waals surface area contributed by atoms with E-state index in [1.165, 1.54) is 5.56 Å². The van der Waals surface area contributed by atoms with Crippen molar-refractivity contribution in [3.8, 4) is 0 Å². The number of halogens is 1. The molecule has 0 heterocycles. The van der Waals surface area contributed by atoms with Crippen LogP contribution < -0.4 is 0 Å². The lowest BCUT2D eigenvalue weighted by molar-refractivity contribution is 0.218. The SMILES string of the molecule is COCCSCc1cccc(Cl)c1. The molecular weight excluding hydrogens is 204 g/mol. The van der Waals surface area contributed by atoms with Crippen molar-refractivity contribution in [2.45, 2.75) is 5.75 Å². The standard InChI is InChI=1S/C10H13ClOS/c1-12-5-6-13-8-9-3-2-4-10(11)7-9/h2-4,7H,5-6,8H2,1H3. The maximum atomic E-state index is 5.85. The van der Waals surface area contributed by atoms with E-state index in [9.17, 15) is 0 Å². The minimum atomic E-state index is 0.810. The summed E-state index contributed by atoms with van der Waals surface area (Å²) in [5.74, 6) is 2.03. The van der Waals surface area contributed by atoms with Crippen molar-refractivity contribution in [2.24, 2.45) is 0 Å². The van der Waals surface area contributed by atoms with Gasteiger partial charge in [-0.05, 0) is 17.7 Å². The van der Waals surface area contributed by atoms with Crippen LogP contribution in [0.5, 0.6) is 0 Å². The first-order valence-corrected chi connectivity index (χ1v) is 5.67. The van der Waals surface area contributed by atoms with E-state index >= 15 is 0 Å². The average molecular weight is 217 g/mol. The van der Waals surface area contributed by atoms with Crippen molar-refractivity contribution in [3.63, 3.8) is 0 Å². The fraction of sp³-hybridized carbons (Fsp3) is 0.400. The fourth-order valence-corrected chi connectivity index (χ4v) is 2.02. The molecule has 0 aromatic heterocycles. The lowest BCUT2D eigenvalue weighted by atomic mass is 10.2. The van der Waals surface area contributed by atoms with E-state index in [0.29, 0.717) is 0 Å². The van der Waals surface area contributed by atoms with Crippen LogP contribution in [0.2, 0.25) is 5.02 Å². The quantitative estimate of drug-likeness (QED) is 0.699. The molecule has 1 nitrogen and oxygen atoms in total. The number of hydrogen-bond acceptors (Lipinski definition) is 2. The van der Waals surface area contributed by atoms with Crippen LogP contribution in [-0.2, 0) is 10.5 Å².